The maximum absolute atomic E-state index is 11.9. The van der Waals surface area contributed by atoms with Crippen LogP contribution in [0, 0.1) is 11.8 Å². The van der Waals surface area contributed by atoms with Crippen molar-refractivity contribution < 1.29 is 14.6 Å². The van der Waals surface area contributed by atoms with E-state index in [-0.39, 0.29) is 11.9 Å². The molecule has 1 rings (SSSR count). The Bertz CT molecular complexity index is 404. The Balaban J connectivity index is 3.00. The lowest BCUT2D eigenvalue weighted by atomic mass is 9.86. The minimum absolute atomic E-state index is 0.0321. The number of benzene rings is 1. The molecule has 0 saturated carbocycles. The molecule has 0 spiro atoms. The lowest BCUT2D eigenvalue weighted by molar-refractivity contribution is -0.154. The summed E-state index contributed by atoms with van der Waals surface area (Å²) in [6.07, 6.45) is -0.947. The van der Waals surface area contributed by atoms with Gasteiger partial charge in [-0.25, -0.2) is 0 Å². The number of carbonyl (C=O) groups excluding carboxylic acids is 1. The fourth-order valence-electron chi connectivity index (χ4n) is 1.91. The summed E-state index contributed by atoms with van der Waals surface area (Å²) < 4.78 is 5.01. The highest BCUT2D eigenvalue weighted by atomic mass is 35.5. The van der Waals surface area contributed by atoms with Crippen molar-refractivity contribution in [1.82, 2.24) is 0 Å². The number of ether oxygens (including phenoxy) is 1. The van der Waals surface area contributed by atoms with E-state index in [0.29, 0.717) is 17.2 Å². The molecule has 1 aromatic rings. The van der Waals surface area contributed by atoms with E-state index in [2.05, 4.69) is 0 Å². The molecule has 1 N–H and O–H groups in total. The van der Waals surface area contributed by atoms with Crippen molar-refractivity contribution >= 4 is 17.6 Å². The highest BCUT2D eigenvalue weighted by Gasteiger charge is 2.33. The molecule has 100 valence electrons. The molecule has 0 aliphatic carbocycles. The maximum atomic E-state index is 11.9. The van der Waals surface area contributed by atoms with E-state index < -0.39 is 12.0 Å². The van der Waals surface area contributed by atoms with Gasteiger partial charge in [-0.1, -0.05) is 43.6 Å². The molecule has 0 aromatic heterocycles. The molecule has 2 atom stereocenters. The van der Waals surface area contributed by atoms with Crippen molar-refractivity contribution in [3.8, 4) is 0 Å². The van der Waals surface area contributed by atoms with Crippen molar-refractivity contribution in [2.45, 2.75) is 26.9 Å². The zero-order chi connectivity index (χ0) is 13.7. The SMILES string of the molecule is CCOC(=O)C(C(C)C)C(O)c1ccccc1Cl. The number of hydrogen-bond donors (Lipinski definition) is 1. The molecular formula is C14H19ClO3. The van der Waals surface area contributed by atoms with Gasteiger partial charge >= 0.3 is 5.97 Å². The molecule has 0 aliphatic heterocycles. The van der Waals surface area contributed by atoms with Gasteiger partial charge in [-0.05, 0) is 24.5 Å². The standard InChI is InChI=1S/C14H19ClO3/c1-4-18-14(17)12(9(2)3)13(16)10-7-5-6-8-11(10)15/h5-9,12-13,16H,4H2,1-3H3. The van der Waals surface area contributed by atoms with Crippen LogP contribution < -0.4 is 0 Å². The van der Waals surface area contributed by atoms with Crippen LogP contribution in [-0.2, 0) is 9.53 Å². The summed E-state index contributed by atoms with van der Waals surface area (Å²) in [7, 11) is 0. The van der Waals surface area contributed by atoms with E-state index in [1.165, 1.54) is 0 Å². The normalized spacial score (nSPS) is 14.3. The Kier molecular flexibility index (Phi) is 5.63. The van der Waals surface area contributed by atoms with Crippen molar-refractivity contribution in [2.24, 2.45) is 11.8 Å². The van der Waals surface area contributed by atoms with Crippen molar-refractivity contribution in [3.05, 3.63) is 34.9 Å². The van der Waals surface area contributed by atoms with E-state index in [1.54, 1.807) is 31.2 Å². The average Bonchev–Trinajstić information content (AvgIpc) is 2.29. The molecule has 0 saturated heterocycles. The summed E-state index contributed by atoms with van der Waals surface area (Å²) in [4.78, 5) is 11.9. The molecule has 18 heavy (non-hydrogen) atoms. The number of halogens is 1. The van der Waals surface area contributed by atoms with Crippen LogP contribution in [0.1, 0.15) is 32.4 Å². The minimum Gasteiger partial charge on any atom is -0.466 e. The summed E-state index contributed by atoms with van der Waals surface area (Å²) in [6.45, 7) is 5.80. The molecule has 0 aliphatic rings. The van der Waals surface area contributed by atoms with Crippen LogP contribution in [0.15, 0.2) is 24.3 Å². The summed E-state index contributed by atoms with van der Waals surface area (Å²) in [5.74, 6) is -1.03. The van der Waals surface area contributed by atoms with Crippen LogP contribution in [0.4, 0.5) is 0 Å². The van der Waals surface area contributed by atoms with Gasteiger partial charge in [-0.2, -0.15) is 0 Å². The van der Waals surface area contributed by atoms with Crippen LogP contribution in [0.2, 0.25) is 5.02 Å². The third-order valence-electron chi connectivity index (χ3n) is 2.84. The monoisotopic (exact) mass is 270 g/mol. The highest BCUT2D eigenvalue weighted by molar-refractivity contribution is 6.31. The van der Waals surface area contributed by atoms with Crippen molar-refractivity contribution in [1.29, 1.82) is 0 Å². The first-order valence-electron chi connectivity index (χ1n) is 6.08. The quantitative estimate of drug-likeness (QED) is 0.836. The van der Waals surface area contributed by atoms with Gasteiger partial charge < -0.3 is 9.84 Å². The first kappa shape index (κ1) is 15.0. The van der Waals surface area contributed by atoms with Gasteiger partial charge in [0.25, 0.3) is 0 Å². The largest absolute Gasteiger partial charge is 0.466 e. The summed E-state index contributed by atoms with van der Waals surface area (Å²) in [6, 6.07) is 6.99. The molecule has 4 heteroatoms. The van der Waals surface area contributed by atoms with Gasteiger partial charge in [0.05, 0.1) is 18.6 Å². The summed E-state index contributed by atoms with van der Waals surface area (Å²) in [5.41, 5.74) is 0.561. The lowest BCUT2D eigenvalue weighted by Gasteiger charge is -2.25. The highest BCUT2D eigenvalue weighted by Crippen LogP contribution is 2.33. The molecule has 1 aromatic carbocycles. The topological polar surface area (TPSA) is 46.5 Å². The molecule has 0 fully saturated rings. The second kappa shape index (κ2) is 6.76. The molecule has 0 bridgehead atoms. The van der Waals surface area contributed by atoms with Crippen molar-refractivity contribution in [3.63, 3.8) is 0 Å². The van der Waals surface area contributed by atoms with Crippen molar-refractivity contribution in [2.75, 3.05) is 6.61 Å². The molecule has 3 nitrogen and oxygen atoms in total. The van der Waals surface area contributed by atoms with E-state index in [9.17, 15) is 9.90 Å². The predicted molar refractivity (Wildman–Crippen MR) is 71.4 cm³/mol. The number of esters is 1. The van der Waals surface area contributed by atoms with Crippen LogP contribution in [0.25, 0.3) is 0 Å². The first-order chi connectivity index (χ1) is 8.49. The molecule has 0 heterocycles. The van der Waals surface area contributed by atoms with Gasteiger partial charge in [0.1, 0.15) is 0 Å². The van der Waals surface area contributed by atoms with Gasteiger partial charge in [0.15, 0.2) is 0 Å². The zero-order valence-corrected chi connectivity index (χ0v) is 11.6. The Morgan fingerprint density at radius 3 is 2.50 bits per heavy atom. The number of aliphatic hydroxyl groups excluding tert-OH is 1. The number of carbonyl (C=O) groups is 1. The Labute approximate surface area is 113 Å². The Morgan fingerprint density at radius 1 is 1.39 bits per heavy atom. The van der Waals surface area contributed by atoms with Gasteiger partial charge in [0.2, 0.25) is 0 Å². The van der Waals surface area contributed by atoms with Crippen LogP contribution >= 0.6 is 11.6 Å². The third kappa shape index (κ3) is 3.47. The smallest absolute Gasteiger partial charge is 0.312 e. The fraction of sp³-hybridized carbons (Fsp3) is 0.500. The Morgan fingerprint density at radius 2 is 2.00 bits per heavy atom. The fourth-order valence-corrected chi connectivity index (χ4v) is 2.16. The zero-order valence-electron chi connectivity index (χ0n) is 10.9. The number of hydrogen-bond acceptors (Lipinski definition) is 3. The predicted octanol–water partition coefficient (Wildman–Crippen LogP) is 3.21. The second-order valence-corrected chi connectivity index (χ2v) is 4.90. The van der Waals surface area contributed by atoms with E-state index in [1.807, 2.05) is 13.8 Å². The number of aliphatic hydroxyl groups is 1. The molecule has 0 radical (unpaired) electrons. The first-order valence-corrected chi connectivity index (χ1v) is 6.46. The van der Waals surface area contributed by atoms with E-state index in [0.717, 1.165) is 0 Å². The van der Waals surface area contributed by atoms with Gasteiger partial charge in [-0.3, -0.25) is 4.79 Å². The summed E-state index contributed by atoms with van der Waals surface area (Å²) in [5, 5.41) is 10.8. The van der Waals surface area contributed by atoms with E-state index >= 15 is 0 Å². The van der Waals surface area contributed by atoms with Crippen LogP contribution in [0.3, 0.4) is 0 Å². The maximum Gasteiger partial charge on any atom is 0.312 e. The molecule has 2 unspecified atom stereocenters. The molecular weight excluding hydrogens is 252 g/mol. The van der Waals surface area contributed by atoms with E-state index in [4.69, 9.17) is 16.3 Å². The second-order valence-electron chi connectivity index (χ2n) is 4.49. The average molecular weight is 271 g/mol. The number of rotatable bonds is 5. The van der Waals surface area contributed by atoms with Gasteiger partial charge in [-0.15, -0.1) is 0 Å². The lowest BCUT2D eigenvalue weighted by Crippen LogP contribution is -2.29. The van der Waals surface area contributed by atoms with Crippen LogP contribution in [0.5, 0.6) is 0 Å². The minimum atomic E-state index is -0.947. The third-order valence-corrected chi connectivity index (χ3v) is 3.19. The summed E-state index contributed by atoms with van der Waals surface area (Å²) >= 11 is 6.04. The molecule has 0 amide bonds. The van der Waals surface area contributed by atoms with Gasteiger partial charge in [0, 0.05) is 5.02 Å². The Hall–Kier alpha value is -1.06. The van der Waals surface area contributed by atoms with Crippen LogP contribution in [-0.4, -0.2) is 17.7 Å².